The van der Waals surface area contributed by atoms with E-state index in [4.69, 9.17) is 4.74 Å². The fourth-order valence-electron chi connectivity index (χ4n) is 2.53. The normalized spacial score (nSPS) is 11.2. The van der Waals surface area contributed by atoms with E-state index in [1.165, 1.54) is 7.11 Å². The molecule has 6 heteroatoms. The minimum absolute atomic E-state index is 0.411. The quantitative estimate of drug-likeness (QED) is 0.674. The fourth-order valence-corrected chi connectivity index (χ4v) is 2.53. The molecule has 0 spiro atoms. The lowest BCUT2D eigenvalue weighted by atomic mass is 10.1. The number of rotatable bonds is 5. The molecule has 2 aromatic heterocycles. The molecule has 0 saturated heterocycles. The van der Waals surface area contributed by atoms with Crippen LogP contribution in [0.15, 0.2) is 42.5 Å². The molecule has 0 N–H and O–H groups in total. The van der Waals surface area contributed by atoms with Gasteiger partial charge in [-0.2, -0.15) is 5.10 Å². The maximum absolute atomic E-state index is 12.0. The molecule has 124 valence electrons. The molecule has 0 unspecified atom stereocenters. The SMILES string of the molecule is COC(=O)c1ccc(-c2ccccc2)n2nc(CCN(C)C)nc12. The number of hydrogen-bond acceptors (Lipinski definition) is 5. The number of benzene rings is 1. The first kappa shape index (κ1) is 16.1. The first-order valence-electron chi connectivity index (χ1n) is 7.77. The molecule has 2 heterocycles. The van der Waals surface area contributed by atoms with Gasteiger partial charge in [-0.3, -0.25) is 0 Å². The number of pyridine rings is 1. The van der Waals surface area contributed by atoms with Gasteiger partial charge in [0.15, 0.2) is 11.5 Å². The predicted octanol–water partition coefficient (Wildman–Crippen LogP) is 2.29. The third kappa shape index (κ3) is 3.14. The van der Waals surface area contributed by atoms with Gasteiger partial charge in [0.2, 0.25) is 0 Å². The number of ether oxygens (including phenoxy) is 1. The molecule has 3 aromatic rings. The van der Waals surface area contributed by atoms with Gasteiger partial charge in [0, 0.05) is 18.5 Å². The highest BCUT2D eigenvalue weighted by Gasteiger charge is 2.18. The zero-order valence-corrected chi connectivity index (χ0v) is 14.1. The lowest BCUT2D eigenvalue weighted by molar-refractivity contribution is 0.0602. The Morgan fingerprint density at radius 3 is 2.58 bits per heavy atom. The van der Waals surface area contributed by atoms with Crippen molar-refractivity contribution in [3.05, 3.63) is 53.9 Å². The lowest BCUT2D eigenvalue weighted by Gasteiger charge is -2.07. The maximum Gasteiger partial charge on any atom is 0.341 e. The van der Waals surface area contributed by atoms with E-state index in [0.29, 0.717) is 23.5 Å². The summed E-state index contributed by atoms with van der Waals surface area (Å²) in [5.41, 5.74) is 2.85. The smallest absolute Gasteiger partial charge is 0.341 e. The predicted molar refractivity (Wildman–Crippen MR) is 92.0 cm³/mol. The zero-order valence-electron chi connectivity index (χ0n) is 14.1. The van der Waals surface area contributed by atoms with Gasteiger partial charge in [0.1, 0.15) is 5.56 Å². The summed E-state index contributed by atoms with van der Waals surface area (Å²) >= 11 is 0. The average molecular weight is 324 g/mol. The Balaban J connectivity index is 2.15. The number of fused-ring (bicyclic) bond motifs is 1. The minimum Gasteiger partial charge on any atom is -0.465 e. The second-order valence-electron chi connectivity index (χ2n) is 5.81. The van der Waals surface area contributed by atoms with E-state index in [1.54, 1.807) is 10.6 Å². The Labute approximate surface area is 140 Å². The summed E-state index contributed by atoms with van der Waals surface area (Å²) in [4.78, 5) is 18.7. The van der Waals surface area contributed by atoms with Crippen LogP contribution >= 0.6 is 0 Å². The Morgan fingerprint density at radius 1 is 1.17 bits per heavy atom. The van der Waals surface area contributed by atoms with Crippen LogP contribution in [0.25, 0.3) is 16.9 Å². The highest BCUT2D eigenvalue weighted by molar-refractivity contribution is 5.96. The third-order valence-electron chi connectivity index (χ3n) is 3.79. The molecule has 0 atom stereocenters. The lowest BCUT2D eigenvalue weighted by Crippen LogP contribution is -2.15. The highest BCUT2D eigenvalue weighted by atomic mass is 16.5. The van der Waals surface area contributed by atoms with Crippen LogP contribution in [0.4, 0.5) is 0 Å². The third-order valence-corrected chi connectivity index (χ3v) is 3.79. The van der Waals surface area contributed by atoms with Crippen LogP contribution < -0.4 is 0 Å². The summed E-state index contributed by atoms with van der Waals surface area (Å²) < 4.78 is 6.60. The monoisotopic (exact) mass is 324 g/mol. The molecule has 6 nitrogen and oxygen atoms in total. The van der Waals surface area contributed by atoms with E-state index < -0.39 is 5.97 Å². The number of hydrogen-bond donors (Lipinski definition) is 0. The molecule has 0 aliphatic heterocycles. The number of aromatic nitrogens is 3. The molecule has 0 radical (unpaired) electrons. The van der Waals surface area contributed by atoms with Crippen LogP contribution in [-0.2, 0) is 11.2 Å². The van der Waals surface area contributed by atoms with Crippen LogP contribution in [0.2, 0.25) is 0 Å². The Kier molecular flexibility index (Phi) is 4.57. The number of carbonyl (C=O) groups is 1. The Hall–Kier alpha value is -2.73. The Morgan fingerprint density at radius 2 is 1.92 bits per heavy atom. The van der Waals surface area contributed by atoms with Crippen LogP contribution in [0, 0.1) is 0 Å². The summed E-state index contributed by atoms with van der Waals surface area (Å²) in [7, 11) is 5.38. The minimum atomic E-state index is -0.411. The van der Waals surface area contributed by atoms with Gasteiger partial charge in [-0.1, -0.05) is 30.3 Å². The standard InChI is InChI=1S/C18H20N4O2/c1-21(2)12-11-16-19-17-14(18(23)24-3)9-10-15(22(17)20-16)13-7-5-4-6-8-13/h4-10H,11-12H2,1-3H3. The summed E-state index contributed by atoms with van der Waals surface area (Å²) in [6, 6.07) is 13.5. The van der Waals surface area contributed by atoms with Crippen LogP contribution in [0.3, 0.4) is 0 Å². The van der Waals surface area contributed by atoms with Crippen molar-refractivity contribution < 1.29 is 9.53 Å². The molecular weight excluding hydrogens is 304 g/mol. The van der Waals surface area contributed by atoms with Crippen molar-refractivity contribution in [2.45, 2.75) is 6.42 Å². The number of methoxy groups -OCH3 is 1. The van der Waals surface area contributed by atoms with Crippen molar-refractivity contribution >= 4 is 11.6 Å². The molecule has 24 heavy (non-hydrogen) atoms. The first-order chi connectivity index (χ1) is 11.6. The molecule has 0 fully saturated rings. The molecule has 0 amide bonds. The van der Waals surface area contributed by atoms with Crippen molar-refractivity contribution in [3.8, 4) is 11.3 Å². The topological polar surface area (TPSA) is 59.7 Å². The second kappa shape index (κ2) is 6.80. The first-order valence-corrected chi connectivity index (χ1v) is 7.77. The number of esters is 1. The van der Waals surface area contributed by atoms with E-state index in [0.717, 1.165) is 17.8 Å². The molecular formula is C18H20N4O2. The van der Waals surface area contributed by atoms with E-state index in [-0.39, 0.29) is 0 Å². The number of nitrogens with zero attached hydrogens (tertiary/aromatic N) is 4. The van der Waals surface area contributed by atoms with Crippen LogP contribution in [0.1, 0.15) is 16.2 Å². The van der Waals surface area contributed by atoms with Crippen molar-refractivity contribution in [1.82, 2.24) is 19.5 Å². The van der Waals surface area contributed by atoms with Gasteiger partial charge in [-0.25, -0.2) is 14.3 Å². The van der Waals surface area contributed by atoms with Gasteiger partial charge >= 0.3 is 5.97 Å². The summed E-state index contributed by atoms with van der Waals surface area (Å²) in [6.07, 6.45) is 0.712. The molecule has 0 aliphatic carbocycles. The summed E-state index contributed by atoms with van der Waals surface area (Å²) in [5.74, 6) is 0.295. The van der Waals surface area contributed by atoms with Crippen molar-refractivity contribution in [3.63, 3.8) is 0 Å². The second-order valence-corrected chi connectivity index (χ2v) is 5.81. The molecule has 3 rings (SSSR count). The van der Waals surface area contributed by atoms with Crippen LogP contribution in [-0.4, -0.2) is 53.2 Å². The van der Waals surface area contributed by atoms with Gasteiger partial charge in [0.25, 0.3) is 0 Å². The van der Waals surface area contributed by atoms with Gasteiger partial charge < -0.3 is 9.64 Å². The van der Waals surface area contributed by atoms with Crippen LogP contribution in [0.5, 0.6) is 0 Å². The van der Waals surface area contributed by atoms with Gasteiger partial charge in [-0.15, -0.1) is 0 Å². The summed E-state index contributed by atoms with van der Waals surface area (Å²) in [5, 5.41) is 4.61. The van der Waals surface area contributed by atoms with E-state index >= 15 is 0 Å². The van der Waals surface area contributed by atoms with E-state index in [9.17, 15) is 4.79 Å². The molecule has 0 aliphatic rings. The van der Waals surface area contributed by atoms with Gasteiger partial charge in [-0.05, 0) is 26.2 Å². The van der Waals surface area contributed by atoms with E-state index in [2.05, 4.69) is 15.0 Å². The average Bonchev–Trinajstić information content (AvgIpc) is 3.03. The molecule has 0 saturated carbocycles. The summed E-state index contributed by atoms with van der Waals surface area (Å²) in [6.45, 7) is 0.838. The fraction of sp³-hybridized carbons (Fsp3) is 0.278. The number of likely N-dealkylation sites (N-methyl/N-ethyl adjacent to an activating group) is 1. The van der Waals surface area contributed by atoms with E-state index in [1.807, 2.05) is 50.5 Å². The molecule has 0 bridgehead atoms. The Bertz CT molecular complexity index is 856. The molecule has 1 aromatic carbocycles. The highest BCUT2D eigenvalue weighted by Crippen LogP contribution is 2.22. The maximum atomic E-state index is 12.0. The number of carbonyl (C=O) groups excluding carboxylic acids is 1. The van der Waals surface area contributed by atoms with Crippen molar-refractivity contribution in [2.75, 3.05) is 27.7 Å². The van der Waals surface area contributed by atoms with Crippen molar-refractivity contribution in [1.29, 1.82) is 0 Å². The van der Waals surface area contributed by atoms with Gasteiger partial charge in [0.05, 0.1) is 12.8 Å². The largest absolute Gasteiger partial charge is 0.465 e. The van der Waals surface area contributed by atoms with Crippen molar-refractivity contribution in [2.24, 2.45) is 0 Å². The zero-order chi connectivity index (χ0) is 17.1.